The number of ketones is 1. The number of unbranched alkanes of at least 4 members (excludes halogenated alkanes) is 1. The van der Waals surface area contributed by atoms with Gasteiger partial charge in [0.05, 0.1) is 24.0 Å². The van der Waals surface area contributed by atoms with E-state index in [1.165, 1.54) is 0 Å². The summed E-state index contributed by atoms with van der Waals surface area (Å²) in [6, 6.07) is 25.3. The molecule has 184 valence electrons. The Bertz CT molecular complexity index is 1280. The number of carbonyl (C=O) groups excluding carboxylic acids is 2. The van der Waals surface area contributed by atoms with Crippen molar-refractivity contribution in [1.82, 2.24) is 0 Å². The molecule has 0 unspecified atom stereocenters. The standard InChI is InChI=1S/C31H32N2O3/c1-3-4-18-36-25-16-14-22(15-17-25)24-19-27-30(29(35)20-24)31(23-10-6-5-7-11-23)33(21(2)34)28-13-9-8-12-26(28)32-27/h5-17,24,31-32H,3-4,18-20H2,1-2H3/t24-,31-/m1/s1. The van der Waals surface area contributed by atoms with Gasteiger partial charge in [-0.05, 0) is 54.2 Å². The zero-order chi connectivity index (χ0) is 25.1. The second-order valence-electron chi connectivity index (χ2n) is 9.54. The number of hydrogen-bond donors (Lipinski definition) is 1. The first-order valence-corrected chi connectivity index (χ1v) is 12.8. The van der Waals surface area contributed by atoms with Crippen molar-refractivity contribution in [2.24, 2.45) is 0 Å². The number of hydrogen-bond acceptors (Lipinski definition) is 4. The van der Waals surface area contributed by atoms with Gasteiger partial charge in [0, 0.05) is 24.6 Å². The number of allylic oxidation sites excluding steroid dienone is 1. The summed E-state index contributed by atoms with van der Waals surface area (Å²) in [4.78, 5) is 28.7. The molecule has 3 aromatic rings. The third kappa shape index (κ3) is 4.66. The van der Waals surface area contributed by atoms with Gasteiger partial charge >= 0.3 is 0 Å². The zero-order valence-electron chi connectivity index (χ0n) is 20.9. The summed E-state index contributed by atoms with van der Waals surface area (Å²) in [6.45, 7) is 4.43. The van der Waals surface area contributed by atoms with Crippen molar-refractivity contribution in [2.45, 2.75) is 51.5 Å². The fourth-order valence-corrected chi connectivity index (χ4v) is 5.30. The van der Waals surface area contributed by atoms with Gasteiger partial charge in [0.15, 0.2) is 5.78 Å². The Morgan fingerprint density at radius 1 is 0.944 bits per heavy atom. The van der Waals surface area contributed by atoms with E-state index in [1.807, 2.05) is 66.7 Å². The minimum absolute atomic E-state index is 0.0564. The highest BCUT2D eigenvalue weighted by Gasteiger charge is 2.40. The molecule has 1 amide bonds. The van der Waals surface area contributed by atoms with Crippen LogP contribution in [0.4, 0.5) is 11.4 Å². The van der Waals surface area contributed by atoms with E-state index in [-0.39, 0.29) is 17.6 Å². The highest BCUT2D eigenvalue weighted by molar-refractivity contribution is 6.06. The summed E-state index contributed by atoms with van der Waals surface area (Å²) >= 11 is 0. The molecular weight excluding hydrogens is 448 g/mol. The predicted octanol–water partition coefficient (Wildman–Crippen LogP) is 6.79. The van der Waals surface area contributed by atoms with Gasteiger partial charge in [-0.2, -0.15) is 0 Å². The summed E-state index contributed by atoms with van der Waals surface area (Å²) < 4.78 is 5.82. The van der Waals surface area contributed by atoms with E-state index in [0.29, 0.717) is 25.0 Å². The number of carbonyl (C=O) groups is 2. The maximum atomic E-state index is 13.8. The molecule has 36 heavy (non-hydrogen) atoms. The van der Waals surface area contributed by atoms with Crippen LogP contribution in [0.15, 0.2) is 90.1 Å². The quantitative estimate of drug-likeness (QED) is 0.395. The third-order valence-electron chi connectivity index (χ3n) is 7.06. The van der Waals surface area contributed by atoms with Crippen LogP contribution in [0.25, 0.3) is 0 Å². The highest BCUT2D eigenvalue weighted by atomic mass is 16.5. The number of Topliss-reactive ketones (excluding diaryl/α,β-unsaturated/α-hetero) is 1. The lowest BCUT2D eigenvalue weighted by atomic mass is 9.78. The molecule has 0 aromatic heterocycles. The number of nitrogens with one attached hydrogen (secondary N) is 1. The van der Waals surface area contributed by atoms with Crippen LogP contribution in [0.5, 0.6) is 5.75 Å². The number of amides is 1. The fourth-order valence-electron chi connectivity index (χ4n) is 5.30. The molecule has 0 bridgehead atoms. The van der Waals surface area contributed by atoms with E-state index in [2.05, 4.69) is 24.4 Å². The SMILES string of the molecule is CCCCOc1ccc([C@H]2CC(=O)C3=C(C2)Nc2ccccc2N(C(C)=O)[C@@H]3c2ccccc2)cc1. The van der Waals surface area contributed by atoms with Crippen LogP contribution in [0, 0.1) is 0 Å². The Morgan fingerprint density at radius 3 is 2.39 bits per heavy atom. The molecule has 1 aliphatic heterocycles. The number of rotatable bonds is 6. The average molecular weight is 481 g/mol. The van der Waals surface area contributed by atoms with Gasteiger partial charge in [-0.15, -0.1) is 0 Å². The molecule has 5 rings (SSSR count). The minimum Gasteiger partial charge on any atom is -0.494 e. The number of fused-ring (bicyclic) bond motifs is 1. The monoisotopic (exact) mass is 480 g/mol. The maximum absolute atomic E-state index is 13.8. The normalized spacial score (nSPS) is 19.2. The molecule has 0 saturated heterocycles. The Hall–Kier alpha value is -3.86. The van der Waals surface area contributed by atoms with Crippen LogP contribution in [-0.4, -0.2) is 18.3 Å². The Kier molecular flexibility index (Phi) is 6.90. The van der Waals surface area contributed by atoms with Gasteiger partial charge in [0.1, 0.15) is 5.75 Å². The molecule has 2 aliphatic rings. The van der Waals surface area contributed by atoms with Gasteiger partial charge in [0.25, 0.3) is 0 Å². The zero-order valence-corrected chi connectivity index (χ0v) is 20.9. The highest BCUT2D eigenvalue weighted by Crippen LogP contribution is 2.47. The largest absolute Gasteiger partial charge is 0.494 e. The summed E-state index contributed by atoms with van der Waals surface area (Å²) in [6.07, 6.45) is 3.23. The number of benzene rings is 3. The molecule has 0 saturated carbocycles. The van der Waals surface area contributed by atoms with Crippen molar-refractivity contribution in [3.8, 4) is 5.75 Å². The van der Waals surface area contributed by atoms with Gasteiger partial charge < -0.3 is 10.1 Å². The number of ether oxygens (including phenoxy) is 1. The third-order valence-corrected chi connectivity index (χ3v) is 7.06. The van der Waals surface area contributed by atoms with E-state index < -0.39 is 6.04 Å². The molecule has 3 aromatic carbocycles. The van der Waals surface area contributed by atoms with E-state index in [0.717, 1.165) is 46.8 Å². The van der Waals surface area contributed by atoms with Crippen LogP contribution in [0.1, 0.15) is 62.6 Å². The van der Waals surface area contributed by atoms with Crippen molar-refractivity contribution >= 4 is 23.1 Å². The Morgan fingerprint density at radius 2 is 1.67 bits per heavy atom. The first-order chi connectivity index (χ1) is 17.6. The fraction of sp³-hybridized carbons (Fsp3) is 0.290. The molecule has 5 nitrogen and oxygen atoms in total. The van der Waals surface area contributed by atoms with Crippen LogP contribution in [-0.2, 0) is 9.59 Å². The summed E-state index contributed by atoms with van der Waals surface area (Å²) in [5.41, 5.74) is 5.25. The van der Waals surface area contributed by atoms with Crippen LogP contribution in [0.3, 0.4) is 0 Å². The van der Waals surface area contributed by atoms with Gasteiger partial charge in [-0.1, -0.05) is 67.9 Å². The molecule has 0 radical (unpaired) electrons. The second kappa shape index (κ2) is 10.4. The summed E-state index contributed by atoms with van der Waals surface area (Å²) in [5.74, 6) is 0.892. The van der Waals surface area contributed by atoms with E-state index in [1.54, 1.807) is 11.8 Å². The summed E-state index contributed by atoms with van der Waals surface area (Å²) in [5, 5.41) is 3.56. The number of para-hydroxylation sites is 2. The van der Waals surface area contributed by atoms with Crippen molar-refractivity contribution in [2.75, 3.05) is 16.8 Å². The van der Waals surface area contributed by atoms with Crippen LogP contribution >= 0.6 is 0 Å². The van der Waals surface area contributed by atoms with Crippen LogP contribution < -0.4 is 15.0 Å². The average Bonchev–Trinajstić information content (AvgIpc) is 3.04. The first kappa shape index (κ1) is 23.9. The van der Waals surface area contributed by atoms with E-state index >= 15 is 0 Å². The summed E-state index contributed by atoms with van der Waals surface area (Å²) in [7, 11) is 0. The van der Waals surface area contributed by atoms with Gasteiger partial charge in [-0.25, -0.2) is 0 Å². The van der Waals surface area contributed by atoms with Crippen molar-refractivity contribution < 1.29 is 14.3 Å². The smallest absolute Gasteiger partial charge is 0.224 e. The molecule has 2 atom stereocenters. The van der Waals surface area contributed by atoms with E-state index in [9.17, 15) is 9.59 Å². The lowest BCUT2D eigenvalue weighted by Crippen LogP contribution is -2.37. The maximum Gasteiger partial charge on any atom is 0.224 e. The van der Waals surface area contributed by atoms with E-state index in [4.69, 9.17) is 4.74 Å². The lowest BCUT2D eigenvalue weighted by Gasteiger charge is -2.34. The Balaban J connectivity index is 1.54. The molecular formula is C31H32N2O3. The number of nitrogens with zero attached hydrogens (tertiary/aromatic N) is 1. The molecule has 0 spiro atoms. The molecule has 5 heteroatoms. The van der Waals surface area contributed by atoms with Gasteiger partial charge in [0.2, 0.25) is 5.91 Å². The van der Waals surface area contributed by atoms with Gasteiger partial charge in [-0.3, -0.25) is 14.5 Å². The Labute approximate surface area is 212 Å². The predicted molar refractivity (Wildman–Crippen MR) is 143 cm³/mol. The van der Waals surface area contributed by atoms with Crippen molar-refractivity contribution in [1.29, 1.82) is 0 Å². The molecule has 0 fully saturated rings. The molecule has 1 heterocycles. The number of anilines is 2. The second-order valence-corrected chi connectivity index (χ2v) is 9.54. The first-order valence-electron chi connectivity index (χ1n) is 12.8. The molecule has 1 N–H and O–H groups in total. The lowest BCUT2D eigenvalue weighted by molar-refractivity contribution is -0.117. The van der Waals surface area contributed by atoms with Crippen molar-refractivity contribution in [3.05, 3.63) is 101 Å². The molecule has 1 aliphatic carbocycles. The van der Waals surface area contributed by atoms with Crippen molar-refractivity contribution in [3.63, 3.8) is 0 Å². The van der Waals surface area contributed by atoms with Crippen LogP contribution in [0.2, 0.25) is 0 Å². The topological polar surface area (TPSA) is 58.6 Å². The minimum atomic E-state index is -0.474.